The molecule has 1 aliphatic heterocycles. The molecule has 0 aliphatic carbocycles. The summed E-state index contributed by atoms with van der Waals surface area (Å²) in [5.41, 5.74) is 4.77. The van der Waals surface area contributed by atoms with E-state index in [2.05, 4.69) is 62.2 Å². The highest BCUT2D eigenvalue weighted by Crippen LogP contribution is 2.24. The normalized spacial score (nSPS) is 14.9. The quantitative estimate of drug-likeness (QED) is 0.507. The van der Waals surface area contributed by atoms with Gasteiger partial charge in [-0.25, -0.2) is 4.98 Å². The molecule has 0 unspecified atom stereocenters. The number of aromatic amines is 1. The van der Waals surface area contributed by atoms with Crippen LogP contribution in [0.2, 0.25) is 0 Å². The van der Waals surface area contributed by atoms with Crippen LogP contribution in [-0.2, 0) is 6.54 Å². The molecule has 4 aromatic rings. The second-order valence-corrected chi connectivity index (χ2v) is 8.10. The third kappa shape index (κ3) is 4.11. The van der Waals surface area contributed by atoms with Crippen LogP contribution in [-0.4, -0.2) is 52.2 Å². The lowest BCUT2D eigenvalue weighted by Gasteiger charge is -2.36. The molecule has 6 heteroatoms. The summed E-state index contributed by atoms with van der Waals surface area (Å²) in [7, 11) is 0. The standard InChI is InChI=1S/C25H28N6/c26-24-23-22(20-8-3-1-4-9-20)18-27-25(23)28-19-31(24)13-7-12-29-14-16-30(17-15-29)21-10-5-2-6-11-21/h1-6,8-11,18-19,26-27H,7,12-17H2. The van der Waals surface area contributed by atoms with E-state index < -0.39 is 0 Å². The number of aryl methyl sites for hydroxylation is 1. The third-order valence-corrected chi connectivity index (χ3v) is 6.16. The smallest absolute Gasteiger partial charge is 0.143 e. The average Bonchev–Trinajstić information content (AvgIpc) is 3.27. The molecule has 2 aromatic heterocycles. The third-order valence-electron chi connectivity index (χ3n) is 6.16. The maximum absolute atomic E-state index is 8.77. The predicted molar refractivity (Wildman–Crippen MR) is 125 cm³/mol. The highest BCUT2D eigenvalue weighted by atomic mass is 15.3. The second kappa shape index (κ2) is 8.78. The molecule has 0 amide bonds. The summed E-state index contributed by atoms with van der Waals surface area (Å²) in [4.78, 5) is 12.8. The van der Waals surface area contributed by atoms with Crippen molar-refractivity contribution in [2.24, 2.45) is 0 Å². The number of aromatic nitrogens is 3. The molecule has 2 aromatic carbocycles. The van der Waals surface area contributed by atoms with Crippen LogP contribution in [0.25, 0.3) is 22.2 Å². The monoisotopic (exact) mass is 412 g/mol. The lowest BCUT2D eigenvalue weighted by atomic mass is 10.1. The van der Waals surface area contributed by atoms with Crippen molar-refractivity contribution in [2.75, 3.05) is 37.6 Å². The SMILES string of the molecule is N=c1c2c(-c3ccccc3)c[nH]c2ncn1CCCN1CCN(c2ccccc2)CC1. The van der Waals surface area contributed by atoms with E-state index in [9.17, 15) is 0 Å². The van der Waals surface area contributed by atoms with Crippen LogP contribution in [0.3, 0.4) is 0 Å². The first kappa shape index (κ1) is 19.6. The molecular formula is C25H28N6. The number of anilines is 1. The fraction of sp³-hybridized carbons (Fsp3) is 0.280. The molecule has 1 fully saturated rings. The number of hydrogen-bond donors (Lipinski definition) is 2. The van der Waals surface area contributed by atoms with Gasteiger partial charge in [-0.2, -0.15) is 0 Å². The number of hydrogen-bond acceptors (Lipinski definition) is 4. The average molecular weight is 413 g/mol. The van der Waals surface area contributed by atoms with Crippen LogP contribution in [0.4, 0.5) is 5.69 Å². The second-order valence-electron chi connectivity index (χ2n) is 8.10. The van der Waals surface area contributed by atoms with E-state index >= 15 is 0 Å². The number of para-hydroxylation sites is 1. The van der Waals surface area contributed by atoms with E-state index in [1.54, 1.807) is 6.33 Å². The molecule has 2 N–H and O–H groups in total. The molecule has 3 heterocycles. The van der Waals surface area contributed by atoms with E-state index in [-0.39, 0.29) is 0 Å². The number of nitrogens with one attached hydrogen (secondary N) is 2. The first-order valence-electron chi connectivity index (χ1n) is 11.0. The molecule has 5 rings (SSSR count). The summed E-state index contributed by atoms with van der Waals surface area (Å²) < 4.78 is 1.98. The Bertz CT molecular complexity index is 1190. The molecule has 158 valence electrons. The molecule has 0 saturated carbocycles. The van der Waals surface area contributed by atoms with Crippen molar-refractivity contribution >= 4 is 16.7 Å². The highest BCUT2D eigenvalue weighted by Gasteiger charge is 2.17. The van der Waals surface area contributed by atoms with Gasteiger partial charge in [0, 0.05) is 50.2 Å². The van der Waals surface area contributed by atoms with Gasteiger partial charge < -0.3 is 14.5 Å². The molecule has 0 radical (unpaired) electrons. The van der Waals surface area contributed by atoms with E-state index in [0.717, 1.165) is 67.8 Å². The Labute approximate surface area is 182 Å². The summed E-state index contributed by atoms with van der Waals surface area (Å²) in [5.74, 6) is 0. The van der Waals surface area contributed by atoms with Gasteiger partial charge in [0.15, 0.2) is 0 Å². The zero-order valence-electron chi connectivity index (χ0n) is 17.7. The fourth-order valence-corrected chi connectivity index (χ4v) is 4.43. The lowest BCUT2D eigenvalue weighted by molar-refractivity contribution is 0.250. The van der Waals surface area contributed by atoms with Gasteiger partial charge in [-0.1, -0.05) is 48.5 Å². The predicted octanol–water partition coefficient (Wildman–Crippen LogP) is 3.72. The van der Waals surface area contributed by atoms with Crippen molar-refractivity contribution in [2.45, 2.75) is 13.0 Å². The molecule has 1 saturated heterocycles. The topological polar surface area (TPSA) is 63.9 Å². The summed E-state index contributed by atoms with van der Waals surface area (Å²) in [5, 5.41) is 9.67. The number of nitrogens with zero attached hydrogens (tertiary/aromatic N) is 4. The van der Waals surface area contributed by atoms with E-state index in [1.165, 1.54) is 5.69 Å². The minimum atomic E-state index is 0.527. The molecular weight excluding hydrogens is 384 g/mol. The molecule has 0 spiro atoms. The van der Waals surface area contributed by atoms with Crippen LogP contribution < -0.4 is 10.4 Å². The van der Waals surface area contributed by atoms with Gasteiger partial charge in [0.25, 0.3) is 0 Å². The number of rotatable bonds is 6. The summed E-state index contributed by atoms with van der Waals surface area (Å²) in [6, 6.07) is 20.9. The summed E-state index contributed by atoms with van der Waals surface area (Å²) >= 11 is 0. The molecule has 6 nitrogen and oxygen atoms in total. The zero-order chi connectivity index (χ0) is 21.0. The van der Waals surface area contributed by atoms with Crippen molar-refractivity contribution in [3.8, 4) is 11.1 Å². The van der Waals surface area contributed by atoms with Gasteiger partial charge >= 0.3 is 0 Å². The van der Waals surface area contributed by atoms with Crippen molar-refractivity contribution in [1.29, 1.82) is 5.41 Å². The number of H-pyrrole nitrogens is 1. The van der Waals surface area contributed by atoms with Crippen molar-refractivity contribution < 1.29 is 0 Å². The van der Waals surface area contributed by atoms with Gasteiger partial charge in [-0.3, -0.25) is 10.3 Å². The van der Waals surface area contributed by atoms with Crippen LogP contribution in [0.5, 0.6) is 0 Å². The Morgan fingerprint density at radius 1 is 0.871 bits per heavy atom. The van der Waals surface area contributed by atoms with E-state index in [4.69, 9.17) is 5.41 Å². The first-order chi connectivity index (χ1) is 15.3. The molecule has 1 aliphatic rings. The van der Waals surface area contributed by atoms with Crippen LogP contribution in [0.1, 0.15) is 6.42 Å². The molecule has 31 heavy (non-hydrogen) atoms. The lowest BCUT2D eigenvalue weighted by Crippen LogP contribution is -2.46. The fourth-order valence-electron chi connectivity index (χ4n) is 4.43. The van der Waals surface area contributed by atoms with E-state index in [0.29, 0.717) is 5.49 Å². The Morgan fingerprint density at radius 3 is 2.32 bits per heavy atom. The molecule has 0 bridgehead atoms. The van der Waals surface area contributed by atoms with Gasteiger partial charge in [-0.15, -0.1) is 0 Å². The zero-order valence-corrected chi connectivity index (χ0v) is 17.7. The Kier molecular flexibility index (Phi) is 5.54. The highest BCUT2D eigenvalue weighted by molar-refractivity contribution is 5.92. The Morgan fingerprint density at radius 2 is 1.58 bits per heavy atom. The summed E-state index contributed by atoms with van der Waals surface area (Å²) in [6.45, 7) is 6.16. The van der Waals surface area contributed by atoms with Crippen molar-refractivity contribution in [3.05, 3.63) is 78.7 Å². The van der Waals surface area contributed by atoms with Crippen LogP contribution in [0, 0.1) is 5.41 Å². The van der Waals surface area contributed by atoms with Gasteiger partial charge in [0.1, 0.15) is 11.1 Å². The van der Waals surface area contributed by atoms with Crippen molar-refractivity contribution in [1.82, 2.24) is 19.4 Å². The van der Waals surface area contributed by atoms with Crippen LogP contribution >= 0.6 is 0 Å². The first-order valence-corrected chi connectivity index (χ1v) is 11.0. The Hall–Kier alpha value is -3.38. The minimum absolute atomic E-state index is 0.527. The number of piperazine rings is 1. The minimum Gasteiger partial charge on any atom is -0.369 e. The maximum atomic E-state index is 8.77. The molecule has 0 atom stereocenters. The maximum Gasteiger partial charge on any atom is 0.143 e. The van der Waals surface area contributed by atoms with Crippen LogP contribution in [0.15, 0.2) is 73.2 Å². The largest absolute Gasteiger partial charge is 0.369 e. The van der Waals surface area contributed by atoms with E-state index in [1.807, 2.05) is 29.0 Å². The van der Waals surface area contributed by atoms with Gasteiger partial charge in [-0.05, 0) is 30.7 Å². The van der Waals surface area contributed by atoms with Crippen molar-refractivity contribution in [3.63, 3.8) is 0 Å². The van der Waals surface area contributed by atoms with Gasteiger partial charge in [0.05, 0.1) is 11.7 Å². The summed E-state index contributed by atoms with van der Waals surface area (Å²) in [6.07, 6.45) is 4.77. The van der Waals surface area contributed by atoms with Gasteiger partial charge in [0.2, 0.25) is 0 Å². The number of fused-ring (bicyclic) bond motifs is 1. The Balaban J connectivity index is 1.22. The number of benzene rings is 2.